The first-order chi connectivity index (χ1) is 13.3. The van der Waals surface area contributed by atoms with E-state index in [0.29, 0.717) is 17.0 Å². The summed E-state index contributed by atoms with van der Waals surface area (Å²) in [6, 6.07) is 8.56. The van der Waals surface area contributed by atoms with E-state index in [1.165, 1.54) is 12.3 Å². The zero-order valence-corrected chi connectivity index (χ0v) is 16.8. The first kappa shape index (κ1) is 18.2. The molecule has 8 nitrogen and oxygen atoms in total. The summed E-state index contributed by atoms with van der Waals surface area (Å²) in [6.07, 6.45) is 3.03. The van der Waals surface area contributed by atoms with Crippen LogP contribution in [0.2, 0.25) is 0 Å². The zero-order valence-electron chi connectivity index (χ0n) is 16.0. The van der Waals surface area contributed by atoms with Gasteiger partial charge in [0.2, 0.25) is 0 Å². The van der Waals surface area contributed by atoms with Crippen molar-refractivity contribution in [3.05, 3.63) is 59.7 Å². The number of hydrogen-bond acceptors (Lipinski definition) is 5. The Bertz CT molecular complexity index is 1290. The SMILES string of the molecule is Cc1nn(-c2ccc(S(=O)(=O)Nc3cccc4cnn(C)c34)cn2)c(C)c1C. The maximum atomic E-state index is 12.8. The van der Waals surface area contributed by atoms with Crippen LogP contribution in [0.4, 0.5) is 5.69 Å². The summed E-state index contributed by atoms with van der Waals surface area (Å²) in [5.74, 6) is 0.571. The van der Waals surface area contributed by atoms with Crippen molar-refractivity contribution in [1.82, 2.24) is 24.5 Å². The Kier molecular flexibility index (Phi) is 4.19. The predicted molar refractivity (Wildman–Crippen MR) is 107 cm³/mol. The number of hydrogen-bond donors (Lipinski definition) is 1. The largest absolute Gasteiger partial charge is 0.277 e. The predicted octanol–water partition coefficient (Wildman–Crippen LogP) is 2.88. The van der Waals surface area contributed by atoms with Gasteiger partial charge < -0.3 is 0 Å². The molecule has 0 spiro atoms. The van der Waals surface area contributed by atoms with Crippen molar-refractivity contribution < 1.29 is 8.42 Å². The fourth-order valence-corrected chi connectivity index (χ4v) is 4.13. The highest BCUT2D eigenvalue weighted by Crippen LogP contribution is 2.25. The Labute approximate surface area is 162 Å². The molecule has 0 aliphatic heterocycles. The van der Waals surface area contributed by atoms with Gasteiger partial charge in [-0.2, -0.15) is 10.2 Å². The minimum atomic E-state index is -3.79. The van der Waals surface area contributed by atoms with Crippen LogP contribution < -0.4 is 4.72 Å². The molecule has 0 atom stereocenters. The number of para-hydroxylation sites is 1. The monoisotopic (exact) mass is 396 g/mol. The van der Waals surface area contributed by atoms with Crippen molar-refractivity contribution >= 4 is 26.6 Å². The van der Waals surface area contributed by atoms with Gasteiger partial charge in [-0.15, -0.1) is 0 Å². The molecule has 3 heterocycles. The lowest BCUT2D eigenvalue weighted by Gasteiger charge is -2.10. The normalized spacial score (nSPS) is 11.9. The van der Waals surface area contributed by atoms with Crippen molar-refractivity contribution in [2.75, 3.05) is 4.72 Å². The number of sulfonamides is 1. The molecule has 4 rings (SSSR count). The molecule has 0 radical (unpaired) electrons. The summed E-state index contributed by atoms with van der Waals surface area (Å²) in [6.45, 7) is 5.88. The van der Waals surface area contributed by atoms with E-state index in [9.17, 15) is 8.42 Å². The van der Waals surface area contributed by atoms with E-state index in [1.807, 2.05) is 26.8 Å². The van der Waals surface area contributed by atoms with Gasteiger partial charge >= 0.3 is 0 Å². The zero-order chi connectivity index (χ0) is 20.1. The third-order valence-corrected chi connectivity index (χ3v) is 6.26. The number of nitrogens with zero attached hydrogens (tertiary/aromatic N) is 5. The molecular formula is C19H20N6O2S. The minimum Gasteiger partial charge on any atom is -0.277 e. The Hall–Kier alpha value is -3.20. The van der Waals surface area contributed by atoms with Gasteiger partial charge in [0.15, 0.2) is 5.82 Å². The van der Waals surface area contributed by atoms with Crippen LogP contribution in [0.15, 0.2) is 47.6 Å². The Morgan fingerprint density at radius 3 is 2.46 bits per heavy atom. The van der Waals surface area contributed by atoms with E-state index in [-0.39, 0.29) is 4.90 Å². The van der Waals surface area contributed by atoms with Gasteiger partial charge in [0, 0.05) is 24.3 Å². The van der Waals surface area contributed by atoms with Crippen molar-refractivity contribution in [3.63, 3.8) is 0 Å². The number of aryl methyl sites for hydroxylation is 2. The Morgan fingerprint density at radius 1 is 1.04 bits per heavy atom. The number of pyridine rings is 1. The van der Waals surface area contributed by atoms with E-state index in [1.54, 1.807) is 40.8 Å². The molecule has 1 N–H and O–H groups in total. The van der Waals surface area contributed by atoms with Crippen LogP contribution in [-0.4, -0.2) is 33.0 Å². The maximum absolute atomic E-state index is 12.8. The van der Waals surface area contributed by atoms with E-state index < -0.39 is 10.0 Å². The molecule has 4 aromatic rings. The van der Waals surface area contributed by atoms with Crippen molar-refractivity contribution in [3.8, 4) is 5.82 Å². The molecule has 0 aliphatic carbocycles. The molecule has 0 saturated heterocycles. The molecule has 9 heteroatoms. The second-order valence-corrected chi connectivity index (χ2v) is 8.36. The van der Waals surface area contributed by atoms with Gasteiger partial charge in [-0.3, -0.25) is 9.40 Å². The number of nitrogens with one attached hydrogen (secondary N) is 1. The summed E-state index contributed by atoms with van der Waals surface area (Å²) in [5, 5.41) is 9.50. The molecule has 0 saturated carbocycles. The average Bonchev–Trinajstić information content (AvgIpc) is 3.17. The summed E-state index contributed by atoms with van der Waals surface area (Å²) >= 11 is 0. The van der Waals surface area contributed by atoms with Crippen LogP contribution >= 0.6 is 0 Å². The van der Waals surface area contributed by atoms with Crippen LogP contribution in [0.1, 0.15) is 17.0 Å². The van der Waals surface area contributed by atoms with Crippen LogP contribution in [-0.2, 0) is 17.1 Å². The fourth-order valence-electron chi connectivity index (χ4n) is 3.12. The van der Waals surface area contributed by atoms with E-state index in [2.05, 4.69) is 19.9 Å². The quantitative estimate of drug-likeness (QED) is 0.572. The molecule has 1 aromatic carbocycles. The molecule has 0 amide bonds. The van der Waals surface area contributed by atoms with Crippen LogP contribution in [0.5, 0.6) is 0 Å². The third-order valence-electron chi connectivity index (χ3n) is 4.91. The van der Waals surface area contributed by atoms with Gasteiger partial charge in [-0.1, -0.05) is 12.1 Å². The highest BCUT2D eigenvalue weighted by molar-refractivity contribution is 7.92. The second kappa shape index (κ2) is 6.45. The average molecular weight is 396 g/mol. The number of benzene rings is 1. The lowest BCUT2D eigenvalue weighted by molar-refractivity contribution is 0.600. The van der Waals surface area contributed by atoms with Crippen LogP contribution in [0.25, 0.3) is 16.7 Å². The molecule has 0 fully saturated rings. The van der Waals surface area contributed by atoms with Gasteiger partial charge in [0.25, 0.3) is 10.0 Å². The Balaban J connectivity index is 1.68. The molecule has 0 bridgehead atoms. The minimum absolute atomic E-state index is 0.0775. The number of anilines is 1. The molecular weight excluding hydrogens is 376 g/mol. The lowest BCUT2D eigenvalue weighted by Crippen LogP contribution is -2.14. The molecule has 3 aromatic heterocycles. The molecule has 0 unspecified atom stereocenters. The topological polar surface area (TPSA) is 94.7 Å². The van der Waals surface area contributed by atoms with Crippen molar-refractivity contribution in [2.24, 2.45) is 7.05 Å². The van der Waals surface area contributed by atoms with Gasteiger partial charge in [0.05, 0.1) is 23.1 Å². The van der Waals surface area contributed by atoms with Crippen molar-refractivity contribution in [2.45, 2.75) is 25.7 Å². The summed E-state index contributed by atoms with van der Waals surface area (Å²) in [4.78, 5) is 4.38. The van der Waals surface area contributed by atoms with Crippen LogP contribution in [0, 0.1) is 20.8 Å². The number of rotatable bonds is 4. The highest BCUT2D eigenvalue weighted by Gasteiger charge is 2.18. The highest BCUT2D eigenvalue weighted by atomic mass is 32.2. The first-order valence-electron chi connectivity index (χ1n) is 8.71. The Morgan fingerprint density at radius 2 is 1.82 bits per heavy atom. The van der Waals surface area contributed by atoms with E-state index >= 15 is 0 Å². The molecule has 144 valence electrons. The van der Waals surface area contributed by atoms with Gasteiger partial charge in [0.1, 0.15) is 4.90 Å². The second-order valence-electron chi connectivity index (χ2n) is 6.68. The van der Waals surface area contributed by atoms with Crippen molar-refractivity contribution in [1.29, 1.82) is 0 Å². The van der Waals surface area contributed by atoms with Crippen LogP contribution in [0.3, 0.4) is 0 Å². The smallest absolute Gasteiger partial charge is 0.263 e. The van der Waals surface area contributed by atoms with E-state index in [0.717, 1.165) is 22.3 Å². The summed E-state index contributed by atoms with van der Waals surface area (Å²) in [7, 11) is -2.02. The van der Waals surface area contributed by atoms with E-state index in [4.69, 9.17) is 0 Å². The number of fused-ring (bicyclic) bond motifs is 1. The fraction of sp³-hybridized carbons (Fsp3) is 0.211. The lowest BCUT2D eigenvalue weighted by atomic mass is 10.2. The molecule has 28 heavy (non-hydrogen) atoms. The number of aromatic nitrogens is 5. The van der Waals surface area contributed by atoms with Gasteiger partial charge in [-0.05, 0) is 44.5 Å². The third kappa shape index (κ3) is 2.93. The maximum Gasteiger partial charge on any atom is 0.263 e. The standard InChI is InChI=1S/C19H20N6O2S/c1-12-13(2)22-25(14(12)3)18-9-8-16(11-20-18)28(26,27)23-17-7-5-6-15-10-21-24(4)19(15)17/h5-11,23H,1-4H3. The van der Waals surface area contributed by atoms with Gasteiger partial charge in [-0.25, -0.2) is 18.1 Å². The molecule has 0 aliphatic rings. The first-order valence-corrected chi connectivity index (χ1v) is 10.2. The summed E-state index contributed by atoms with van der Waals surface area (Å²) in [5.41, 5.74) is 4.16. The summed E-state index contributed by atoms with van der Waals surface area (Å²) < 4.78 is 31.7.